The van der Waals surface area contributed by atoms with Gasteiger partial charge in [-0.2, -0.15) is 0 Å². The highest BCUT2D eigenvalue weighted by Gasteiger charge is 2.45. The largest absolute Gasteiger partial charge is 0.247 e. The Morgan fingerprint density at radius 3 is 2.09 bits per heavy atom. The molecule has 0 heterocycles. The van der Waals surface area contributed by atoms with Crippen molar-refractivity contribution in [2.75, 3.05) is 0 Å². The fourth-order valence-corrected chi connectivity index (χ4v) is 1.83. The van der Waals surface area contributed by atoms with Gasteiger partial charge in [0.25, 0.3) is 0 Å². The zero-order valence-electron chi connectivity index (χ0n) is 8.08. The van der Waals surface area contributed by atoms with Crippen LogP contribution in [-0.4, -0.2) is 6.17 Å². The van der Waals surface area contributed by atoms with Gasteiger partial charge in [0.1, 0.15) is 6.17 Å². The van der Waals surface area contributed by atoms with Gasteiger partial charge in [0.05, 0.1) is 0 Å². The second-order valence-electron chi connectivity index (χ2n) is 4.97. The lowest BCUT2D eigenvalue weighted by Crippen LogP contribution is -2.43. The van der Waals surface area contributed by atoms with E-state index in [4.69, 9.17) is 0 Å². The summed E-state index contributed by atoms with van der Waals surface area (Å²) in [5.74, 6) is 0. The van der Waals surface area contributed by atoms with Crippen LogP contribution in [0.2, 0.25) is 0 Å². The Labute approximate surface area is 69.2 Å². The van der Waals surface area contributed by atoms with Gasteiger partial charge < -0.3 is 0 Å². The highest BCUT2D eigenvalue weighted by molar-refractivity contribution is 4.95. The van der Waals surface area contributed by atoms with Crippen LogP contribution in [-0.2, 0) is 0 Å². The SMILES string of the molecule is CC1(C)CCCC(F)C1(C)C. The molecule has 1 unspecified atom stereocenters. The van der Waals surface area contributed by atoms with Crippen LogP contribution in [0.25, 0.3) is 0 Å². The Morgan fingerprint density at radius 1 is 1.18 bits per heavy atom. The molecule has 0 spiro atoms. The molecule has 0 aliphatic heterocycles. The number of halogens is 1. The summed E-state index contributed by atoms with van der Waals surface area (Å²) in [6.45, 7) is 8.46. The molecule has 0 saturated heterocycles. The van der Waals surface area contributed by atoms with Crippen molar-refractivity contribution >= 4 is 0 Å². The summed E-state index contributed by atoms with van der Waals surface area (Å²) in [4.78, 5) is 0. The van der Waals surface area contributed by atoms with E-state index < -0.39 is 6.17 Å². The van der Waals surface area contributed by atoms with Crippen molar-refractivity contribution in [2.24, 2.45) is 10.8 Å². The first-order chi connectivity index (χ1) is 4.88. The molecule has 0 radical (unpaired) electrons. The standard InChI is InChI=1S/C10H19F/c1-9(2)7-5-6-8(11)10(9,3)4/h8H,5-7H2,1-4H3. The summed E-state index contributed by atoms with van der Waals surface area (Å²) < 4.78 is 13.5. The quantitative estimate of drug-likeness (QED) is 0.505. The van der Waals surface area contributed by atoms with Gasteiger partial charge in [-0.15, -0.1) is 0 Å². The molecule has 11 heavy (non-hydrogen) atoms. The van der Waals surface area contributed by atoms with Crippen LogP contribution in [0.4, 0.5) is 4.39 Å². The number of hydrogen-bond acceptors (Lipinski definition) is 0. The lowest BCUT2D eigenvalue weighted by molar-refractivity contribution is -0.0281. The maximum Gasteiger partial charge on any atom is 0.106 e. The molecule has 0 aromatic heterocycles. The maximum absolute atomic E-state index is 13.5. The Morgan fingerprint density at radius 2 is 1.73 bits per heavy atom. The average molecular weight is 158 g/mol. The topological polar surface area (TPSA) is 0 Å². The van der Waals surface area contributed by atoms with Crippen LogP contribution in [0.1, 0.15) is 47.0 Å². The van der Waals surface area contributed by atoms with Crippen LogP contribution in [0, 0.1) is 10.8 Å². The zero-order valence-corrected chi connectivity index (χ0v) is 8.08. The van der Waals surface area contributed by atoms with Gasteiger partial charge >= 0.3 is 0 Å². The lowest BCUT2D eigenvalue weighted by atomic mass is 9.59. The fourth-order valence-electron chi connectivity index (χ4n) is 1.83. The van der Waals surface area contributed by atoms with Crippen molar-refractivity contribution in [1.82, 2.24) is 0 Å². The Hall–Kier alpha value is -0.0700. The molecule has 0 aromatic carbocycles. The Balaban J connectivity index is 2.82. The van der Waals surface area contributed by atoms with E-state index in [1.807, 2.05) is 0 Å². The van der Waals surface area contributed by atoms with E-state index in [9.17, 15) is 4.39 Å². The van der Waals surface area contributed by atoms with Gasteiger partial charge in [0.15, 0.2) is 0 Å². The molecule has 1 saturated carbocycles. The number of alkyl halides is 1. The van der Waals surface area contributed by atoms with E-state index in [1.54, 1.807) is 0 Å². The highest BCUT2D eigenvalue weighted by Crippen LogP contribution is 2.50. The van der Waals surface area contributed by atoms with E-state index in [-0.39, 0.29) is 10.8 Å². The molecule has 0 nitrogen and oxygen atoms in total. The monoisotopic (exact) mass is 158 g/mol. The molecule has 66 valence electrons. The minimum Gasteiger partial charge on any atom is -0.247 e. The van der Waals surface area contributed by atoms with Gasteiger partial charge in [0, 0.05) is 5.41 Å². The first kappa shape index (κ1) is 9.02. The Kier molecular flexibility index (Phi) is 2.02. The van der Waals surface area contributed by atoms with Crippen molar-refractivity contribution in [3.05, 3.63) is 0 Å². The zero-order chi connectivity index (χ0) is 8.70. The molecular weight excluding hydrogens is 139 g/mol. The molecule has 1 heteroatoms. The molecule has 0 N–H and O–H groups in total. The van der Waals surface area contributed by atoms with Gasteiger partial charge in [-0.25, -0.2) is 4.39 Å². The molecule has 1 atom stereocenters. The number of hydrogen-bond donors (Lipinski definition) is 0. The molecule has 0 aromatic rings. The normalized spacial score (nSPS) is 35.2. The molecule has 0 amide bonds. The van der Waals surface area contributed by atoms with Crippen LogP contribution >= 0.6 is 0 Å². The highest BCUT2D eigenvalue weighted by atomic mass is 19.1. The molecule has 0 bridgehead atoms. The third-order valence-corrected chi connectivity index (χ3v) is 3.79. The van der Waals surface area contributed by atoms with E-state index in [0.717, 1.165) is 12.8 Å². The Bertz CT molecular complexity index is 147. The van der Waals surface area contributed by atoms with Crippen LogP contribution in [0.3, 0.4) is 0 Å². The first-order valence-electron chi connectivity index (χ1n) is 4.52. The van der Waals surface area contributed by atoms with Gasteiger partial charge in [-0.05, 0) is 24.7 Å². The molecule has 1 aliphatic carbocycles. The van der Waals surface area contributed by atoms with Crippen molar-refractivity contribution in [3.8, 4) is 0 Å². The summed E-state index contributed by atoms with van der Waals surface area (Å²) in [5.41, 5.74) is 0.0376. The molecule has 1 aliphatic rings. The summed E-state index contributed by atoms with van der Waals surface area (Å²) in [5, 5.41) is 0. The lowest BCUT2D eigenvalue weighted by Gasteiger charge is -2.47. The smallest absolute Gasteiger partial charge is 0.106 e. The van der Waals surface area contributed by atoms with Crippen molar-refractivity contribution in [3.63, 3.8) is 0 Å². The van der Waals surface area contributed by atoms with Gasteiger partial charge in [0.2, 0.25) is 0 Å². The summed E-state index contributed by atoms with van der Waals surface area (Å²) in [6.07, 6.45) is 2.38. The van der Waals surface area contributed by atoms with Crippen molar-refractivity contribution in [1.29, 1.82) is 0 Å². The molecule has 1 rings (SSSR count). The minimum absolute atomic E-state index is 0.134. The predicted octanol–water partition coefficient (Wildman–Crippen LogP) is 3.56. The third kappa shape index (κ3) is 1.30. The van der Waals surface area contributed by atoms with Crippen LogP contribution < -0.4 is 0 Å². The van der Waals surface area contributed by atoms with E-state index in [0.29, 0.717) is 0 Å². The second-order valence-corrected chi connectivity index (χ2v) is 4.97. The van der Waals surface area contributed by atoms with E-state index >= 15 is 0 Å². The summed E-state index contributed by atoms with van der Waals surface area (Å²) >= 11 is 0. The second kappa shape index (κ2) is 2.46. The van der Waals surface area contributed by atoms with Crippen LogP contribution in [0.15, 0.2) is 0 Å². The summed E-state index contributed by atoms with van der Waals surface area (Å²) in [7, 11) is 0. The van der Waals surface area contributed by atoms with Crippen LogP contribution in [0.5, 0.6) is 0 Å². The van der Waals surface area contributed by atoms with E-state index in [2.05, 4.69) is 27.7 Å². The maximum atomic E-state index is 13.5. The predicted molar refractivity (Wildman–Crippen MR) is 46.3 cm³/mol. The average Bonchev–Trinajstić information content (AvgIpc) is 1.84. The fraction of sp³-hybridized carbons (Fsp3) is 1.00. The minimum atomic E-state index is -0.605. The van der Waals surface area contributed by atoms with E-state index in [1.165, 1.54) is 6.42 Å². The van der Waals surface area contributed by atoms with Gasteiger partial charge in [-0.3, -0.25) is 0 Å². The number of rotatable bonds is 0. The first-order valence-corrected chi connectivity index (χ1v) is 4.52. The van der Waals surface area contributed by atoms with Gasteiger partial charge in [-0.1, -0.05) is 27.7 Å². The summed E-state index contributed by atoms with van der Waals surface area (Å²) in [6, 6.07) is 0. The van der Waals surface area contributed by atoms with Crippen molar-refractivity contribution in [2.45, 2.75) is 53.1 Å². The van der Waals surface area contributed by atoms with Crippen molar-refractivity contribution < 1.29 is 4.39 Å². The third-order valence-electron chi connectivity index (χ3n) is 3.79. The molecular formula is C10H19F. The molecule has 1 fully saturated rings.